The summed E-state index contributed by atoms with van der Waals surface area (Å²) in [5, 5.41) is 17.6. The molecular formula is C20H18N4S. The Morgan fingerprint density at radius 1 is 1.36 bits per heavy atom. The highest BCUT2D eigenvalue weighted by Gasteiger charge is 2.23. The maximum atomic E-state index is 9.58. The summed E-state index contributed by atoms with van der Waals surface area (Å²) >= 11 is 1.66. The summed E-state index contributed by atoms with van der Waals surface area (Å²) in [5.41, 5.74) is 4.91. The minimum Gasteiger partial charge on any atom is -0.277 e. The molecule has 0 saturated heterocycles. The summed E-state index contributed by atoms with van der Waals surface area (Å²) in [6, 6.07) is 12.4. The van der Waals surface area contributed by atoms with Gasteiger partial charge in [-0.3, -0.25) is 5.10 Å². The Morgan fingerprint density at radius 3 is 3.00 bits per heavy atom. The normalized spacial score (nSPS) is 16.7. The van der Waals surface area contributed by atoms with Gasteiger partial charge < -0.3 is 0 Å². The first kappa shape index (κ1) is 15.8. The molecule has 1 aliphatic carbocycles. The van der Waals surface area contributed by atoms with Gasteiger partial charge in [-0.15, -0.1) is 11.3 Å². The molecule has 5 heteroatoms. The van der Waals surface area contributed by atoms with E-state index in [1.165, 1.54) is 10.4 Å². The number of fused-ring (bicyclic) bond motifs is 1. The van der Waals surface area contributed by atoms with Crippen molar-refractivity contribution in [2.45, 2.75) is 26.2 Å². The molecule has 3 aromatic rings. The number of aromatic nitrogens is 2. The van der Waals surface area contributed by atoms with Crippen molar-refractivity contribution >= 4 is 22.6 Å². The van der Waals surface area contributed by atoms with Crippen molar-refractivity contribution in [3.63, 3.8) is 0 Å². The maximum absolute atomic E-state index is 9.58. The number of nitrogens with one attached hydrogen (secondary N) is 1. The molecule has 0 fully saturated rings. The van der Waals surface area contributed by atoms with Crippen molar-refractivity contribution in [3.05, 3.63) is 58.1 Å². The van der Waals surface area contributed by atoms with E-state index in [-0.39, 0.29) is 0 Å². The van der Waals surface area contributed by atoms with Crippen molar-refractivity contribution in [2.75, 3.05) is 0 Å². The van der Waals surface area contributed by atoms with Gasteiger partial charge in [-0.25, -0.2) is 4.99 Å². The first-order valence-electron chi connectivity index (χ1n) is 8.43. The number of rotatable bonds is 3. The minimum atomic E-state index is 0.688. The van der Waals surface area contributed by atoms with Crippen LogP contribution < -0.4 is 0 Å². The lowest BCUT2D eigenvalue weighted by atomic mass is 9.89. The average Bonchev–Trinajstić information content (AvgIpc) is 3.24. The second-order valence-corrected chi connectivity index (χ2v) is 7.55. The summed E-state index contributed by atoms with van der Waals surface area (Å²) in [7, 11) is 0. The Morgan fingerprint density at radius 2 is 2.20 bits per heavy atom. The number of hydrogen-bond donors (Lipinski definition) is 1. The molecule has 1 aromatic carbocycles. The summed E-state index contributed by atoms with van der Waals surface area (Å²) in [6.07, 6.45) is 6.79. The van der Waals surface area contributed by atoms with Crippen LogP contribution in [0, 0.1) is 17.2 Å². The highest BCUT2D eigenvalue weighted by atomic mass is 32.1. The lowest BCUT2D eigenvalue weighted by Crippen LogP contribution is -2.09. The van der Waals surface area contributed by atoms with Gasteiger partial charge in [0.2, 0.25) is 0 Å². The monoisotopic (exact) mass is 346 g/mol. The largest absolute Gasteiger partial charge is 0.277 e. The van der Waals surface area contributed by atoms with Crippen molar-refractivity contribution in [3.8, 4) is 17.3 Å². The molecule has 0 amide bonds. The molecule has 2 heterocycles. The Labute approximate surface area is 150 Å². The van der Waals surface area contributed by atoms with E-state index in [0.29, 0.717) is 5.92 Å². The van der Waals surface area contributed by atoms with E-state index in [1.807, 2.05) is 36.5 Å². The van der Waals surface area contributed by atoms with E-state index in [4.69, 9.17) is 0 Å². The molecule has 1 unspecified atom stereocenters. The van der Waals surface area contributed by atoms with Crippen molar-refractivity contribution < 1.29 is 0 Å². The summed E-state index contributed by atoms with van der Waals surface area (Å²) in [6.45, 7) is 2.27. The van der Waals surface area contributed by atoms with Crippen LogP contribution in [-0.2, 0) is 12.8 Å². The van der Waals surface area contributed by atoms with E-state index in [2.05, 4.69) is 28.2 Å². The van der Waals surface area contributed by atoms with Gasteiger partial charge in [-0.2, -0.15) is 10.4 Å². The molecule has 1 aliphatic rings. The fourth-order valence-corrected chi connectivity index (χ4v) is 4.61. The lowest BCUT2D eigenvalue weighted by molar-refractivity contribution is 0.507. The molecule has 124 valence electrons. The van der Waals surface area contributed by atoms with Crippen molar-refractivity contribution in [2.24, 2.45) is 10.9 Å². The third-order valence-corrected chi connectivity index (χ3v) is 5.82. The van der Waals surface area contributed by atoms with E-state index in [9.17, 15) is 5.26 Å². The number of hydrogen-bond acceptors (Lipinski definition) is 4. The minimum absolute atomic E-state index is 0.688. The summed E-state index contributed by atoms with van der Waals surface area (Å²) < 4.78 is 0. The molecule has 0 bridgehead atoms. The topological polar surface area (TPSA) is 64.8 Å². The van der Waals surface area contributed by atoms with Gasteiger partial charge in [0.1, 0.15) is 11.1 Å². The molecular weight excluding hydrogens is 328 g/mol. The molecule has 1 N–H and O–H groups in total. The molecule has 0 aliphatic heterocycles. The number of aromatic amines is 1. The van der Waals surface area contributed by atoms with Gasteiger partial charge in [0.25, 0.3) is 0 Å². The molecule has 2 aromatic heterocycles. The zero-order chi connectivity index (χ0) is 17.2. The van der Waals surface area contributed by atoms with Crippen LogP contribution in [0.15, 0.2) is 41.5 Å². The second kappa shape index (κ2) is 6.66. The van der Waals surface area contributed by atoms with Gasteiger partial charge in [0.05, 0.1) is 17.5 Å². The Hall–Kier alpha value is -2.71. The van der Waals surface area contributed by atoms with Gasteiger partial charge in [0, 0.05) is 22.2 Å². The number of aliphatic imine (C=N–C) groups is 1. The third kappa shape index (κ3) is 3.01. The van der Waals surface area contributed by atoms with Gasteiger partial charge in [0.15, 0.2) is 0 Å². The maximum Gasteiger partial charge on any atom is 0.134 e. The number of benzene rings is 1. The number of nitrogens with zero attached hydrogens (tertiary/aromatic N) is 3. The Kier molecular flexibility index (Phi) is 4.21. The number of H-pyrrole nitrogens is 1. The third-order valence-electron chi connectivity index (χ3n) is 4.66. The van der Waals surface area contributed by atoms with Crippen LogP contribution in [0.3, 0.4) is 0 Å². The standard InChI is InChI=1S/C20H18N4S/c1-13-7-8-16-17(10-21)20(25-18(16)9-13)22-11-15-12-23-24-19(15)14-5-3-2-4-6-14/h2-6,11-13H,7-9H2,1H3,(H,23,24). The van der Waals surface area contributed by atoms with Crippen molar-refractivity contribution in [1.82, 2.24) is 10.2 Å². The van der Waals surface area contributed by atoms with Crippen LogP contribution in [0.2, 0.25) is 0 Å². The molecule has 4 nitrogen and oxygen atoms in total. The second-order valence-electron chi connectivity index (χ2n) is 6.47. The first-order valence-corrected chi connectivity index (χ1v) is 9.25. The van der Waals surface area contributed by atoms with Crippen LogP contribution in [-0.4, -0.2) is 16.4 Å². The van der Waals surface area contributed by atoms with E-state index in [1.54, 1.807) is 17.5 Å². The molecule has 0 spiro atoms. The zero-order valence-corrected chi connectivity index (χ0v) is 14.8. The van der Waals surface area contributed by atoms with Crippen LogP contribution in [0.25, 0.3) is 11.3 Å². The van der Waals surface area contributed by atoms with Gasteiger partial charge in [-0.05, 0) is 30.7 Å². The van der Waals surface area contributed by atoms with Crippen molar-refractivity contribution in [1.29, 1.82) is 5.26 Å². The SMILES string of the molecule is CC1CCc2c(sc(N=Cc3cn[nH]c3-c3ccccc3)c2C#N)C1. The highest BCUT2D eigenvalue weighted by molar-refractivity contribution is 7.16. The number of nitriles is 1. The van der Waals surface area contributed by atoms with Gasteiger partial charge in [-0.1, -0.05) is 37.3 Å². The van der Waals surface area contributed by atoms with E-state index < -0.39 is 0 Å². The van der Waals surface area contributed by atoms with E-state index >= 15 is 0 Å². The fourth-order valence-electron chi connectivity index (χ4n) is 3.30. The van der Waals surface area contributed by atoms with Crippen LogP contribution in [0.5, 0.6) is 0 Å². The van der Waals surface area contributed by atoms with E-state index in [0.717, 1.165) is 46.6 Å². The highest BCUT2D eigenvalue weighted by Crippen LogP contribution is 2.40. The smallest absolute Gasteiger partial charge is 0.134 e. The Bertz CT molecular complexity index is 959. The molecule has 25 heavy (non-hydrogen) atoms. The van der Waals surface area contributed by atoms with Crippen LogP contribution >= 0.6 is 11.3 Å². The van der Waals surface area contributed by atoms with Crippen LogP contribution in [0.1, 0.15) is 34.9 Å². The molecule has 1 atom stereocenters. The molecule has 0 saturated carbocycles. The quantitative estimate of drug-likeness (QED) is 0.687. The predicted molar refractivity (Wildman–Crippen MR) is 102 cm³/mol. The fraction of sp³-hybridized carbons (Fsp3) is 0.250. The number of thiophene rings is 1. The Balaban J connectivity index is 1.68. The molecule has 0 radical (unpaired) electrons. The zero-order valence-electron chi connectivity index (χ0n) is 14.0. The first-order chi connectivity index (χ1) is 12.3. The van der Waals surface area contributed by atoms with Gasteiger partial charge >= 0.3 is 0 Å². The predicted octanol–water partition coefficient (Wildman–Crippen LogP) is 4.89. The summed E-state index contributed by atoms with van der Waals surface area (Å²) in [5.74, 6) is 0.688. The average molecular weight is 346 g/mol. The molecule has 4 rings (SSSR count). The van der Waals surface area contributed by atoms with Crippen LogP contribution in [0.4, 0.5) is 5.00 Å². The lowest BCUT2D eigenvalue weighted by Gasteiger charge is -2.17. The summed E-state index contributed by atoms with van der Waals surface area (Å²) in [4.78, 5) is 5.98.